The Bertz CT molecular complexity index is 1190. The minimum Gasteiger partial charge on any atom is -0.507 e. The van der Waals surface area contributed by atoms with Crippen molar-refractivity contribution in [3.05, 3.63) is 36.4 Å². The molecule has 2 aromatic carbocycles. The molecule has 2 aliphatic carbocycles. The van der Waals surface area contributed by atoms with Gasteiger partial charge in [0.25, 0.3) is 0 Å². The Morgan fingerprint density at radius 3 is 1.97 bits per heavy atom. The fourth-order valence-corrected chi connectivity index (χ4v) is 5.24. The summed E-state index contributed by atoms with van der Waals surface area (Å²) in [5.41, 5.74) is 3.40. The summed E-state index contributed by atoms with van der Waals surface area (Å²) in [4.78, 5) is 33.1. The highest BCUT2D eigenvalue weighted by Crippen LogP contribution is 2.33. The molecule has 3 aromatic rings. The zero-order valence-corrected chi connectivity index (χ0v) is 19.4. The Morgan fingerprint density at radius 1 is 0.794 bits per heavy atom. The summed E-state index contributed by atoms with van der Waals surface area (Å²) < 4.78 is 0. The molecular formula is C27H32N4O3. The van der Waals surface area contributed by atoms with E-state index < -0.39 is 0 Å². The van der Waals surface area contributed by atoms with Crippen molar-refractivity contribution in [2.24, 2.45) is 11.8 Å². The second-order valence-corrected chi connectivity index (χ2v) is 9.70. The normalized spacial score (nSPS) is 17.5. The third kappa shape index (κ3) is 4.93. The van der Waals surface area contributed by atoms with Gasteiger partial charge in [-0.25, -0.2) is 4.98 Å². The van der Waals surface area contributed by atoms with Crippen molar-refractivity contribution < 1.29 is 14.7 Å². The summed E-state index contributed by atoms with van der Waals surface area (Å²) in [5, 5.41) is 16.5. The summed E-state index contributed by atoms with van der Waals surface area (Å²) >= 11 is 0. The van der Waals surface area contributed by atoms with E-state index in [9.17, 15) is 14.7 Å². The van der Waals surface area contributed by atoms with Gasteiger partial charge < -0.3 is 20.7 Å². The van der Waals surface area contributed by atoms with Crippen molar-refractivity contribution in [2.45, 2.75) is 64.2 Å². The van der Waals surface area contributed by atoms with Crippen LogP contribution in [0.1, 0.15) is 64.2 Å². The number of rotatable bonds is 5. The van der Waals surface area contributed by atoms with E-state index in [1.165, 1.54) is 12.8 Å². The maximum atomic E-state index is 12.6. The van der Waals surface area contributed by atoms with Gasteiger partial charge in [-0.3, -0.25) is 9.59 Å². The number of amides is 2. The molecular weight excluding hydrogens is 428 g/mol. The zero-order chi connectivity index (χ0) is 23.5. The highest BCUT2D eigenvalue weighted by molar-refractivity contribution is 5.95. The van der Waals surface area contributed by atoms with Gasteiger partial charge in [-0.05, 0) is 62.1 Å². The lowest BCUT2D eigenvalue weighted by molar-refractivity contribution is -0.121. The molecule has 1 heterocycles. The average Bonchev–Trinajstić information content (AvgIpc) is 3.29. The van der Waals surface area contributed by atoms with E-state index in [0.29, 0.717) is 17.1 Å². The Balaban J connectivity index is 1.33. The predicted molar refractivity (Wildman–Crippen MR) is 134 cm³/mol. The van der Waals surface area contributed by atoms with Gasteiger partial charge in [0.05, 0.1) is 16.6 Å². The van der Waals surface area contributed by atoms with Crippen LogP contribution in [0.2, 0.25) is 0 Å². The van der Waals surface area contributed by atoms with Crippen LogP contribution < -0.4 is 10.6 Å². The number of carbonyl (C=O) groups excluding carboxylic acids is 2. The van der Waals surface area contributed by atoms with Crippen LogP contribution >= 0.6 is 0 Å². The SMILES string of the molecule is O=C(Nc1ccc(O)c(-c2nc3ccc(NC(=O)C4CCCCC4)cc3[nH]2)c1)C1CCCCC1. The summed E-state index contributed by atoms with van der Waals surface area (Å²) in [7, 11) is 0. The van der Waals surface area contributed by atoms with Crippen molar-refractivity contribution in [3.8, 4) is 17.1 Å². The lowest BCUT2D eigenvalue weighted by Crippen LogP contribution is -2.24. The molecule has 2 fully saturated rings. The molecule has 0 spiro atoms. The van der Waals surface area contributed by atoms with Crippen molar-refractivity contribution in [3.63, 3.8) is 0 Å². The minimum atomic E-state index is 0.0410. The molecule has 4 N–H and O–H groups in total. The Labute approximate surface area is 199 Å². The van der Waals surface area contributed by atoms with E-state index >= 15 is 0 Å². The smallest absolute Gasteiger partial charge is 0.227 e. The first-order chi connectivity index (χ1) is 16.6. The molecule has 0 bridgehead atoms. The molecule has 7 heteroatoms. The van der Waals surface area contributed by atoms with Crippen LogP contribution in [0.5, 0.6) is 5.75 Å². The van der Waals surface area contributed by atoms with Crippen LogP contribution in [0.4, 0.5) is 11.4 Å². The molecule has 0 atom stereocenters. The lowest BCUT2D eigenvalue weighted by Gasteiger charge is -2.20. The number of nitrogens with one attached hydrogen (secondary N) is 3. The van der Waals surface area contributed by atoms with Gasteiger partial charge in [0.15, 0.2) is 0 Å². The van der Waals surface area contributed by atoms with Crippen LogP contribution in [0.15, 0.2) is 36.4 Å². The number of anilines is 2. The fourth-order valence-electron chi connectivity index (χ4n) is 5.24. The van der Waals surface area contributed by atoms with Gasteiger partial charge in [0, 0.05) is 23.2 Å². The van der Waals surface area contributed by atoms with Crippen molar-refractivity contribution in [1.82, 2.24) is 9.97 Å². The predicted octanol–water partition coefficient (Wildman–Crippen LogP) is 5.97. The number of fused-ring (bicyclic) bond motifs is 1. The maximum absolute atomic E-state index is 12.6. The van der Waals surface area contributed by atoms with E-state index in [0.717, 1.165) is 68.1 Å². The summed E-state index contributed by atoms with van der Waals surface area (Å²) in [6.45, 7) is 0. The number of hydrogen-bond donors (Lipinski definition) is 4. The molecule has 0 saturated heterocycles. The molecule has 0 radical (unpaired) electrons. The van der Waals surface area contributed by atoms with Crippen LogP contribution in [0, 0.1) is 11.8 Å². The van der Waals surface area contributed by atoms with Crippen LogP contribution in [0.3, 0.4) is 0 Å². The number of aromatic hydroxyl groups is 1. The second-order valence-electron chi connectivity index (χ2n) is 9.70. The number of phenols is 1. The van der Waals surface area contributed by atoms with Gasteiger partial charge in [-0.1, -0.05) is 38.5 Å². The Morgan fingerprint density at radius 2 is 1.35 bits per heavy atom. The zero-order valence-electron chi connectivity index (χ0n) is 19.4. The highest BCUT2D eigenvalue weighted by Gasteiger charge is 2.23. The second kappa shape index (κ2) is 9.87. The molecule has 34 heavy (non-hydrogen) atoms. The minimum absolute atomic E-state index is 0.0410. The van der Waals surface area contributed by atoms with Crippen LogP contribution in [-0.4, -0.2) is 26.9 Å². The highest BCUT2D eigenvalue weighted by atomic mass is 16.3. The third-order valence-electron chi connectivity index (χ3n) is 7.22. The van der Waals surface area contributed by atoms with E-state index in [2.05, 4.69) is 20.6 Å². The molecule has 7 nitrogen and oxygen atoms in total. The number of aromatic amines is 1. The molecule has 5 rings (SSSR count). The van der Waals surface area contributed by atoms with Gasteiger partial charge in [-0.15, -0.1) is 0 Å². The molecule has 0 aliphatic heterocycles. The lowest BCUT2D eigenvalue weighted by atomic mass is 9.88. The molecule has 2 amide bonds. The number of carbonyl (C=O) groups is 2. The fraction of sp³-hybridized carbons (Fsp3) is 0.444. The van der Waals surface area contributed by atoms with E-state index in [-0.39, 0.29) is 29.4 Å². The third-order valence-corrected chi connectivity index (χ3v) is 7.22. The largest absolute Gasteiger partial charge is 0.507 e. The maximum Gasteiger partial charge on any atom is 0.227 e. The number of phenolic OH excluding ortho intramolecular Hbond substituents is 1. The summed E-state index contributed by atoms with van der Waals surface area (Å²) in [6.07, 6.45) is 10.6. The molecule has 1 aromatic heterocycles. The Hall–Kier alpha value is -3.35. The quantitative estimate of drug-likeness (QED) is 0.352. The van der Waals surface area contributed by atoms with E-state index in [1.807, 2.05) is 18.2 Å². The Kier molecular flexibility index (Phi) is 6.52. The van der Waals surface area contributed by atoms with Gasteiger partial charge in [0.1, 0.15) is 11.6 Å². The number of imidazole rings is 1. The molecule has 0 unspecified atom stereocenters. The number of H-pyrrole nitrogens is 1. The van der Waals surface area contributed by atoms with Crippen LogP contribution in [0.25, 0.3) is 22.4 Å². The monoisotopic (exact) mass is 460 g/mol. The van der Waals surface area contributed by atoms with Crippen molar-refractivity contribution in [1.29, 1.82) is 0 Å². The standard InChI is InChI=1S/C27H32N4O3/c32-24-14-12-19(28-26(33)17-7-3-1-4-8-17)15-21(24)25-30-22-13-11-20(16-23(22)31-25)29-27(34)18-9-5-2-6-10-18/h11-18,32H,1-10H2,(H,28,33)(H,29,34)(H,30,31). The molecule has 2 aliphatic rings. The van der Waals surface area contributed by atoms with Gasteiger partial charge in [0.2, 0.25) is 11.8 Å². The number of benzene rings is 2. The average molecular weight is 461 g/mol. The first-order valence-corrected chi connectivity index (χ1v) is 12.5. The van der Waals surface area contributed by atoms with E-state index in [1.54, 1.807) is 18.2 Å². The number of nitrogens with zero attached hydrogens (tertiary/aromatic N) is 1. The summed E-state index contributed by atoms with van der Waals surface area (Å²) in [6, 6.07) is 10.6. The summed E-state index contributed by atoms with van der Waals surface area (Å²) in [5.74, 6) is 0.861. The number of aromatic nitrogens is 2. The first kappa shape index (κ1) is 22.4. The van der Waals surface area contributed by atoms with E-state index in [4.69, 9.17) is 0 Å². The number of hydrogen-bond acceptors (Lipinski definition) is 4. The molecule has 2 saturated carbocycles. The van der Waals surface area contributed by atoms with Gasteiger partial charge >= 0.3 is 0 Å². The van der Waals surface area contributed by atoms with Crippen molar-refractivity contribution in [2.75, 3.05) is 10.6 Å². The molecule has 178 valence electrons. The van der Waals surface area contributed by atoms with Crippen molar-refractivity contribution >= 4 is 34.2 Å². The van der Waals surface area contributed by atoms with Crippen LogP contribution in [-0.2, 0) is 9.59 Å². The topological polar surface area (TPSA) is 107 Å². The van der Waals surface area contributed by atoms with Gasteiger partial charge in [-0.2, -0.15) is 0 Å². The first-order valence-electron chi connectivity index (χ1n) is 12.5.